The minimum absolute atomic E-state index is 0.00216. The van der Waals surface area contributed by atoms with Gasteiger partial charge >= 0.3 is 5.97 Å². The van der Waals surface area contributed by atoms with Gasteiger partial charge in [0.05, 0.1) is 17.4 Å². The molecule has 0 aliphatic carbocycles. The van der Waals surface area contributed by atoms with Crippen molar-refractivity contribution in [1.82, 2.24) is 5.32 Å². The molecule has 0 unspecified atom stereocenters. The molecule has 8 heteroatoms. The van der Waals surface area contributed by atoms with Crippen LogP contribution < -0.4 is 15.4 Å². The van der Waals surface area contributed by atoms with Crippen molar-refractivity contribution in [3.63, 3.8) is 0 Å². The second-order valence-corrected chi connectivity index (χ2v) is 6.92. The lowest BCUT2D eigenvalue weighted by atomic mass is 10.2. The molecule has 3 N–H and O–H groups in total. The van der Waals surface area contributed by atoms with Crippen molar-refractivity contribution in [1.29, 1.82) is 0 Å². The van der Waals surface area contributed by atoms with Crippen LogP contribution in [0.1, 0.15) is 34.6 Å². The van der Waals surface area contributed by atoms with E-state index in [-0.39, 0.29) is 22.5 Å². The molecular formula is C18H17BrN2O4S. The predicted molar refractivity (Wildman–Crippen MR) is 107 cm³/mol. The third kappa shape index (κ3) is 5.53. The van der Waals surface area contributed by atoms with Gasteiger partial charge in [0.1, 0.15) is 5.75 Å². The lowest BCUT2D eigenvalue weighted by Gasteiger charge is -2.13. The average molecular weight is 437 g/mol. The van der Waals surface area contributed by atoms with Gasteiger partial charge in [-0.1, -0.05) is 15.9 Å². The standard InChI is InChI=1S/C18H17BrN2O4S/c1-10(2)25-13-6-3-11(4-7-13)16(22)21-18(26)20-15-8-5-12(19)9-14(15)17(23)24/h3-10H,1-2H3,(H,23,24)(H2,20,21,22,26). The van der Waals surface area contributed by atoms with E-state index in [1.807, 2.05) is 13.8 Å². The van der Waals surface area contributed by atoms with E-state index < -0.39 is 11.9 Å². The number of hydrogen-bond donors (Lipinski definition) is 3. The van der Waals surface area contributed by atoms with E-state index in [1.165, 1.54) is 6.07 Å². The summed E-state index contributed by atoms with van der Waals surface area (Å²) in [4.78, 5) is 23.6. The number of carbonyl (C=O) groups excluding carboxylic acids is 1. The number of thiocarbonyl (C=S) groups is 1. The summed E-state index contributed by atoms with van der Waals surface area (Å²) in [6.45, 7) is 3.83. The molecule has 26 heavy (non-hydrogen) atoms. The van der Waals surface area contributed by atoms with Crippen LogP contribution >= 0.6 is 28.1 Å². The molecule has 0 saturated heterocycles. The molecule has 0 spiro atoms. The molecule has 0 atom stereocenters. The molecule has 0 heterocycles. The second-order valence-electron chi connectivity index (χ2n) is 5.59. The molecule has 0 aliphatic heterocycles. The van der Waals surface area contributed by atoms with Crippen LogP contribution in [0, 0.1) is 0 Å². The average Bonchev–Trinajstić information content (AvgIpc) is 2.56. The fraction of sp³-hybridized carbons (Fsp3) is 0.167. The number of rotatable bonds is 5. The maximum Gasteiger partial charge on any atom is 0.337 e. The molecule has 0 saturated carbocycles. The fourth-order valence-corrected chi connectivity index (χ4v) is 2.65. The Morgan fingerprint density at radius 2 is 1.81 bits per heavy atom. The first-order chi connectivity index (χ1) is 12.3. The van der Waals surface area contributed by atoms with Crippen molar-refractivity contribution >= 4 is 50.8 Å². The Hall–Kier alpha value is -2.45. The van der Waals surface area contributed by atoms with Crippen LogP contribution in [0.4, 0.5) is 5.69 Å². The topological polar surface area (TPSA) is 87.7 Å². The summed E-state index contributed by atoms with van der Waals surface area (Å²) >= 11 is 8.32. The van der Waals surface area contributed by atoms with Gasteiger partial charge < -0.3 is 15.2 Å². The molecule has 6 nitrogen and oxygen atoms in total. The number of carbonyl (C=O) groups is 2. The van der Waals surface area contributed by atoms with Crippen LogP contribution in [0.5, 0.6) is 5.75 Å². The Labute approximate surface area is 164 Å². The minimum Gasteiger partial charge on any atom is -0.491 e. The molecule has 0 bridgehead atoms. The third-order valence-corrected chi connectivity index (χ3v) is 3.87. The van der Waals surface area contributed by atoms with E-state index in [0.717, 1.165) is 0 Å². The summed E-state index contributed by atoms with van der Waals surface area (Å²) in [6.07, 6.45) is 0.0424. The SMILES string of the molecule is CC(C)Oc1ccc(C(=O)NC(=S)Nc2ccc(Br)cc2C(=O)O)cc1. The van der Waals surface area contributed by atoms with Crippen LogP contribution in [0.25, 0.3) is 0 Å². The third-order valence-electron chi connectivity index (χ3n) is 3.18. The molecule has 0 aliphatic rings. The summed E-state index contributed by atoms with van der Waals surface area (Å²) < 4.78 is 6.15. The fourth-order valence-electron chi connectivity index (χ4n) is 2.09. The van der Waals surface area contributed by atoms with E-state index in [1.54, 1.807) is 36.4 Å². The number of benzene rings is 2. The van der Waals surface area contributed by atoms with Crippen molar-refractivity contribution in [3.8, 4) is 5.75 Å². The molecule has 136 valence electrons. The summed E-state index contributed by atoms with van der Waals surface area (Å²) in [5.41, 5.74) is 0.720. The Morgan fingerprint density at radius 3 is 2.38 bits per heavy atom. The molecular weight excluding hydrogens is 420 g/mol. The highest BCUT2D eigenvalue weighted by atomic mass is 79.9. The van der Waals surface area contributed by atoms with Crippen molar-refractivity contribution in [2.75, 3.05) is 5.32 Å². The summed E-state index contributed by atoms with van der Waals surface area (Å²) in [5.74, 6) is -0.852. The zero-order valence-electron chi connectivity index (χ0n) is 14.1. The Morgan fingerprint density at radius 1 is 1.15 bits per heavy atom. The number of hydrogen-bond acceptors (Lipinski definition) is 4. The second kappa shape index (κ2) is 8.77. The van der Waals surface area contributed by atoms with E-state index in [4.69, 9.17) is 17.0 Å². The highest BCUT2D eigenvalue weighted by molar-refractivity contribution is 9.10. The number of amides is 1. The van der Waals surface area contributed by atoms with Gasteiger partial charge in [-0.25, -0.2) is 4.79 Å². The van der Waals surface area contributed by atoms with Crippen LogP contribution in [0.15, 0.2) is 46.9 Å². The van der Waals surface area contributed by atoms with Crippen molar-refractivity contribution in [2.45, 2.75) is 20.0 Å². The predicted octanol–water partition coefficient (Wildman–Crippen LogP) is 4.06. The highest BCUT2D eigenvalue weighted by Gasteiger charge is 2.13. The lowest BCUT2D eigenvalue weighted by Crippen LogP contribution is -2.34. The molecule has 2 aromatic rings. The lowest BCUT2D eigenvalue weighted by molar-refractivity contribution is 0.0697. The number of ether oxygens (including phenoxy) is 1. The van der Waals surface area contributed by atoms with Crippen molar-refractivity contribution in [2.24, 2.45) is 0 Å². The Balaban J connectivity index is 2.04. The van der Waals surface area contributed by atoms with Crippen molar-refractivity contribution < 1.29 is 19.4 Å². The molecule has 1 amide bonds. The highest BCUT2D eigenvalue weighted by Crippen LogP contribution is 2.21. The minimum atomic E-state index is -1.11. The van der Waals surface area contributed by atoms with Gasteiger partial charge in [-0.05, 0) is 68.5 Å². The summed E-state index contributed by atoms with van der Waals surface area (Å²) in [6, 6.07) is 11.3. The van der Waals surface area contributed by atoms with E-state index in [0.29, 0.717) is 15.8 Å². The van der Waals surface area contributed by atoms with Gasteiger partial charge in [0.15, 0.2) is 5.11 Å². The number of carboxylic acids is 1. The molecule has 2 aromatic carbocycles. The largest absolute Gasteiger partial charge is 0.491 e. The Bertz CT molecular complexity index is 838. The molecule has 0 aromatic heterocycles. The van der Waals surface area contributed by atoms with Crippen LogP contribution in [-0.4, -0.2) is 28.2 Å². The summed E-state index contributed by atoms with van der Waals surface area (Å²) in [5, 5.41) is 14.5. The number of halogens is 1. The van der Waals surface area contributed by atoms with Gasteiger partial charge in [0, 0.05) is 10.0 Å². The first-order valence-electron chi connectivity index (χ1n) is 7.68. The van der Waals surface area contributed by atoms with Gasteiger partial charge in [0.25, 0.3) is 5.91 Å². The Kier molecular flexibility index (Phi) is 6.70. The quantitative estimate of drug-likeness (QED) is 0.612. The van der Waals surface area contributed by atoms with E-state index in [9.17, 15) is 14.7 Å². The number of aromatic carboxylic acids is 1. The molecule has 0 fully saturated rings. The number of carboxylic acid groups (broad SMARTS) is 1. The van der Waals surface area contributed by atoms with Crippen LogP contribution in [0.2, 0.25) is 0 Å². The molecule has 0 radical (unpaired) electrons. The smallest absolute Gasteiger partial charge is 0.337 e. The van der Waals surface area contributed by atoms with Gasteiger partial charge in [-0.3, -0.25) is 10.1 Å². The normalized spacial score (nSPS) is 10.3. The van der Waals surface area contributed by atoms with Crippen LogP contribution in [0.3, 0.4) is 0 Å². The maximum absolute atomic E-state index is 12.2. The van der Waals surface area contributed by atoms with Crippen LogP contribution in [-0.2, 0) is 0 Å². The first kappa shape index (κ1) is 19.9. The van der Waals surface area contributed by atoms with Gasteiger partial charge in [-0.15, -0.1) is 0 Å². The number of nitrogens with one attached hydrogen (secondary N) is 2. The number of anilines is 1. The van der Waals surface area contributed by atoms with E-state index >= 15 is 0 Å². The van der Waals surface area contributed by atoms with E-state index in [2.05, 4.69) is 26.6 Å². The molecule has 2 rings (SSSR count). The first-order valence-corrected chi connectivity index (χ1v) is 8.88. The van der Waals surface area contributed by atoms with Gasteiger partial charge in [0.2, 0.25) is 0 Å². The van der Waals surface area contributed by atoms with Gasteiger partial charge in [-0.2, -0.15) is 0 Å². The zero-order valence-corrected chi connectivity index (χ0v) is 16.5. The zero-order chi connectivity index (χ0) is 19.3. The monoisotopic (exact) mass is 436 g/mol. The summed E-state index contributed by atoms with van der Waals surface area (Å²) in [7, 11) is 0. The maximum atomic E-state index is 12.2. The van der Waals surface area contributed by atoms with Crippen molar-refractivity contribution in [3.05, 3.63) is 58.1 Å².